The molecule has 0 aromatic carbocycles. The number of hydrogen-bond donors (Lipinski definition) is 0. The molecule has 1 fully saturated rings. The summed E-state index contributed by atoms with van der Waals surface area (Å²) in [6.07, 6.45) is 4.23. The van der Waals surface area contributed by atoms with Gasteiger partial charge in [0.05, 0.1) is 12.2 Å². The fraction of sp³-hybridized carbons (Fsp3) is 0.538. The SMILES string of the molecule is CC(=O)OC(c1ccco1)C1CCCCC1=O. The molecule has 1 saturated carbocycles. The highest BCUT2D eigenvalue weighted by Crippen LogP contribution is 2.35. The van der Waals surface area contributed by atoms with E-state index in [1.165, 1.54) is 13.2 Å². The van der Waals surface area contributed by atoms with Crippen molar-refractivity contribution in [2.75, 3.05) is 0 Å². The van der Waals surface area contributed by atoms with E-state index in [-0.39, 0.29) is 17.7 Å². The average Bonchev–Trinajstić information content (AvgIpc) is 2.80. The van der Waals surface area contributed by atoms with Crippen molar-refractivity contribution < 1.29 is 18.7 Å². The summed E-state index contributed by atoms with van der Waals surface area (Å²) in [4.78, 5) is 23.0. The van der Waals surface area contributed by atoms with Gasteiger partial charge >= 0.3 is 5.97 Å². The van der Waals surface area contributed by atoms with Crippen LogP contribution in [0.4, 0.5) is 0 Å². The number of Topliss-reactive ketones (excluding diaryl/α,β-unsaturated/α-hetero) is 1. The molecular weight excluding hydrogens is 220 g/mol. The number of esters is 1. The van der Waals surface area contributed by atoms with E-state index in [9.17, 15) is 9.59 Å². The van der Waals surface area contributed by atoms with Crippen molar-refractivity contribution in [1.29, 1.82) is 0 Å². The molecule has 2 rings (SSSR count). The van der Waals surface area contributed by atoms with Crippen LogP contribution in [0.5, 0.6) is 0 Å². The third kappa shape index (κ3) is 2.75. The zero-order valence-corrected chi connectivity index (χ0v) is 9.85. The van der Waals surface area contributed by atoms with Crippen molar-refractivity contribution >= 4 is 11.8 Å². The van der Waals surface area contributed by atoms with Crippen LogP contribution in [0.1, 0.15) is 44.5 Å². The van der Waals surface area contributed by atoms with Crippen molar-refractivity contribution in [3.8, 4) is 0 Å². The zero-order valence-electron chi connectivity index (χ0n) is 9.85. The first kappa shape index (κ1) is 11.9. The largest absolute Gasteiger partial charge is 0.465 e. The van der Waals surface area contributed by atoms with Gasteiger partial charge in [0.1, 0.15) is 11.5 Å². The van der Waals surface area contributed by atoms with Gasteiger partial charge in [0, 0.05) is 13.3 Å². The smallest absolute Gasteiger partial charge is 0.303 e. The van der Waals surface area contributed by atoms with Crippen LogP contribution in [0.25, 0.3) is 0 Å². The number of hydrogen-bond acceptors (Lipinski definition) is 4. The van der Waals surface area contributed by atoms with Crippen LogP contribution in [0, 0.1) is 5.92 Å². The lowest BCUT2D eigenvalue weighted by atomic mass is 9.83. The van der Waals surface area contributed by atoms with Gasteiger partial charge in [-0.25, -0.2) is 0 Å². The monoisotopic (exact) mass is 236 g/mol. The third-order valence-electron chi connectivity index (χ3n) is 3.08. The molecular formula is C13H16O4. The number of furan rings is 1. The lowest BCUT2D eigenvalue weighted by Crippen LogP contribution is -2.28. The highest BCUT2D eigenvalue weighted by Gasteiger charge is 2.35. The second-order valence-corrected chi connectivity index (χ2v) is 4.36. The lowest BCUT2D eigenvalue weighted by Gasteiger charge is -2.27. The van der Waals surface area contributed by atoms with Gasteiger partial charge in [-0.1, -0.05) is 6.42 Å². The average molecular weight is 236 g/mol. The predicted molar refractivity (Wildman–Crippen MR) is 60.2 cm³/mol. The molecule has 0 bridgehead atoms. The Hall–Kier alpha value is -1.58. The summed E-state index contributed by atoms with van der Waals surface area (Å²) in [6.45, 7) is 1.35. The molecule has 0 spiro atoms. The van der Waals surface area contributed by atoms with E-state index in [4.69, 9.17) is 9.15 Å². The molecule has 0 saturated heterocycles. The van der Waals surface area contributed by atoms with Gasteiger partial charge in [0.2, 0.25) is 0 Å². The molecule has 1 aromatic rings. The summed E-state index contributed by atoms with van der Waals surface area (Å²) in [5.41, 5.74) is 0. The van der Waals surface area contributed by atoms with Gasteiger partial charge in [-0.3, -0.25) is 9.59 Å². The summed E-state index contributed by atoms with van der Waals surface area (Å²) >= 11 is 0. The summed E-state index contributed by atoms with van der Waals surface area (Å²) in [6, 6.07) is 3.48. The Bertz CT molecular complexity index is 394. The molecule has 1 aliphatic carbocycles. The molecule has 2 unspecified atom stereocenters. The van der Waals surface area contributed by atoms with E-state index in [2.05, 4.69) is 0 Å². The minimum Gasteiger partial charge on any atom is -0.465 e. The molecule has 1 aliphatic rings. The first-order chi connectivity index (χ1) is 8.18. The molecule has 1 aromatic heterocycles. The Balaban J connectivity index is 2.20. The minimum absolute atomic E-state index is 0.166. The predicted octanol–water partition coefficient (Wildman–Crippen LogP) is 2.64. The normalized spacial score (nSPS) is 22.2. The molecule has 4 heteroatoms. The van der Waals surface area contributed by atoms with Crippen LogP contribution in [-0.2, 0) is 14.3 Å². The standard InChI is InChI=1S/C13H16O4/c1-9(14)17-13(12-7-4-8-16-12)10-5-2-3-6-11(10)15/h4,7-8,10,13H,2-3,5-6H2,1H3. The van der Waals surface area contributed by atoms with Crippen molar-refractivity contribution in [1.82, 2.24) is 0 Å². The Labute approximate surface area is 99.9 Å². The molecule has 0 aliphatic heterocycles. The Morgan fingerprint density at radius 3 is 2.94 bits per heavy atom. The summed E-state index contributed by atoms with van der Waals surface area (Å²) in [5.74, 6) is 0.0860. The van der Waals surface area contributed by atoms with Gasteiger partial charge in [0.25, 0.3) is 0 Å². The molecule has 0 N–H and O–H groups in total. The molecule has 0 radical (unpaired) electrons. The van der Waals surface area contributed by atoms with E-state index in [0.29, 0.717) is 12.2 Å². The van der Waals surface area contributed by atoms with E-state index in [0.717, 1.165) is 19.3 Å². The molecule has 17 heavy (non-hydrogen) atoms. The number of ketones is 1. The Morgan fingerprint density at radius 1 is 1.53 bits per heavy atom. The third-order valence-corrected chi connectivity index (χ3v) is 3.08. The number of carbonyl (C=O) groups excluding carboxylic acids is 2. The minimum atomic E-state index is -0.560. The fourth-order valence-electron chi connectivity index (χ4n) is 2.30. The number of rotatable bonds is 3. The van der Waals surface area contributed by atoms with Gasteiger partial charge < -0.3 is 9.15 Å². The Kier molecular flexibility index (Phi) is 3.61. The topological polar surface area (TPSA) is 56.5 Å². The van der Waals surface area contributed by atoms with Crippen LogP contribution >= 0.6 is 0 Å². The lowest BCUT2D eigenvalue weighted by molar-refractivity contribution is -0.154. The summed E-state index contributed by atoms with van der Waals surface area (Å²) in [5, 5.41) is 0. The highest BCUT2D eigenvalue weighted by molar-refractivity contribution is 5.82. The van der Waals surface area contributed by atoms with Crippen molar-refractivity contribution in [3.05, 3.63) is 24.2 Å². The second-order valence-electron chi connectivity index (χ2n) is 4.36. The molecule has 1 heterocycles. The first-order valence-electron chi connectivity index (χ1n) is 5.92. The van der Waals surface area contributed by atoms with E-state index in [1.807, 2.05) is 0 Å². The van der Waals surface area contributed by atoms with Gasteiger partial charge in [-0.2, -0.15) is 0 Å². The number of carbonyl (C=O) groups is 2. The molecule has 0 amide bonds. The van der Waals surface area contributed by atoms with Crippen molar-refractivity contribution in [2.24, 2.45) is 5.92 Å². The van der Waals surface area contributed by atoms with Gasteiger partial charge in [-0.05, 0) is 25.0 Å². The Morgan fingerprint density at radius 2 is 2.35 bits per heavy atom. The maximum absolute atomic E-state index is 11.9. The first-order valence-corrected chi connectivity index (χ1v) is 5.92. The van der Waals surface area contributed by atoms with Crippen LogP contribution in [-0.4, -0.2) is 11.8 Å². The van der Waals surface area contributed by atoms with Gasteiger partial charge in [0.15, 0.2) is 6.10 Å². The quantitative estimate of drug-likeness (QED) is 0.757. The van der Waals surface area contributed by atoms with E-state index in [1.54, 1.807) is 12.1 Å². The van der Waals surface area contributed by atoms with Crippen molar-refractivity contribution in [2.45, 2.75) is 38.7 Å². The van der Waals surface area contributed by atoms with E-state index < -0.39 is 6.10 Å². The summed E-state index contributed by atoms with van der Waals surface area (Å²) < 4.78 is 10.5. The summed E-state index contributed by atoms with van der Waals surface area (Å²) in [7, 11) is 0. The highest BCUT2D eigenvalue weighted by atomic mass is 16.6. The second kappa shape index (κ2) is 5.17. The van der Waals surface area contributed by atoms with Crippen LogP contribution < -0.4 is 0 Å². The number of ether oxygens (including phenoxy) is 1. The maximum Gasteiger partial charge on any atom is 0.303 e. The molecule has 92 valence electrons. The van der Waals surface area contributed by atoms with Crippen molar-refractivity contribution in [3.63, 3.8) is 0 Å². The maximum atomic E-state index is 11.9. The zero-order chi connectivity index (χ0) is 12.3. The fourth-order valence-corrected chi connectivity index (χ4v) is 2.30. The van der Waals surface area contributed by atoms with Crippen LogP contribution in [0.2, 0.25) is 0 Å². The van der Waals surface area contributed by atoms with Crippen LogP contribution in [0.15, 0.2) is 22.8 Å². The molecule has 4 nitrogen and oxygen atoms in total. The van der Waals surface area contributed by atoms with Crippen LogP contribution in [0.3, 0.4) is 0 Å². The van der Waals surface area contributed by atoms with Gasteiger partial charge in [-0.15, -0.1) is 0 Å². The molecule has 2 atom stereocenters. The van der Waals surface area contributed by atoms with E-state index >= 15 is 0 Å².